The Labute approximate surface area is 261 Å². The number of ether oxygens (including phenoxy) is 2. The van der Waals surface area contributed by atoms with Crippen molar-refractivity contribution in [1.82, 2.24) is 5.43 Å². The average Bonchev–Trinajstić information content (AvgIpc) is 3.02. The van der Waals surface area contributed by atoms with Crippen LogP contribution in [-0.4, -0.2) is 46.7 Å². The van der Waals surface area contributed by atoms with Gasteiger partial charge < -0.3 is 14.8 Å². The van der Waals surface area contributed by atoms with E-state index in [1.165, 1.54) is 38.5 Å². The van der Waals surface area contributed by atoms with Gasteiger partial charge in [0.2, 0.25) is 0 Å². The first-order chi connectivity index (χ1) is 21.0. The smallest absolute Gasteiger partial charge is 0.264 e. The lowest BCUT2D eigenvalue weighted by molar-refractivity contribution is -0.119. The molecule has 0 aliphatic heterocycles. The lowest BCUT2D eigenvalue weighted by atomic mass is 10.1. The molecule has 12 heteroatoms. The molecule has 0 saturated carbocycles. The number of hydrogen-bond acceptors (Lipinski definition) is 7. The molecule has 0 aliphatic carbocycles. The number of halogens is 1. The van der Waals surface area contributed by atoms with Gasteiger partial charge in [-0.2, -0.15) is 5.10 Å². The third kappa shape index (κ3) is 7.74. The fourth-order valence-corrected chi connectivity index (χ4v) is 5.77. The van der Waals surface area contributed by atoms with Gasteiger partial charge in [0.15, 0.2) is 11.5 Å². The molecule has 0 radical (unpaired) electrons. The van der Waals surface area contributed by atoms with Crippen LogP contribution in [0.15, 0.2) is 101 Å². The number of anilines is 2. The quantitative estimate of drug-likeness (QED) is 0.162. The van der Waals surface area contributed by atoms with Gasteiger partial charge in [-0.15, -0.1) is 0 Å². The molecule has 0 aromatic heterocycles. The molecule has 44 heavy (non-hydrogen) atoms. The van der Waals surface area contributed by atoms with Crippen molar-refractivity contribution in [1.29, 1.82) is 0 Å². The Balaban J connectivity index is 1.55. The van der Waals surface area contributed by atoms with Crippen molar-refractivity contribution in [3.05, 3.63) is 113 Å². The van der Waals surface area contributed by atoms with Crippen LogP contribution < -0.4 is 24.5 Å². The molecule has 4 rings (SSSR count). The summed E-state index contributed by atoms with van der Waals surface area (Å²) in [5.41, 5.74) is 5.49. The van der Waals surface area contributed by atoms with Gasteiger partial charge in [-0.3, -0.25) is 13.9 Å². The summed E-state index contributed by atoms with van der Waals surface area (Å²) >= 11 is 6.00. The lowest BCUT2D eigenvalue weighted by Crippen LogP contribution is -2.39. The fraction of sp³-hybridized carbons (Fsp3) is 0.156. The number of hydrazone groups is 1. The number of nitrogens with zero attached hydrogens (tertiary/aromatic N) is 2. The highest BCUT2D eigenvalue weighted by molar-refractivity contribution is 7.92. The highest BCUT2D eigenvalue weighted by atomic mass is 35.5. The van der Waals surface area contributed by atoms with Crippen molar-refractivity contribution in [3.8, 4) is 11.5 Å². The first-order valence-electron chi connectivity index (χ1n) is 13.3. The number of hydrogen-bond donors (Lipinski definition) is 2. The zero-order chi connectivity index (χ0) is 31.9. The molecule has 10 nitrogen and oxygen atoms in total. The molecule has 0 saturated heterocycles. The largest absolute Gasteiger partial charge is 0.493 e. The van der Waals surface area contributed by atoms with Gasteiger partial charge in [-0.1, -0.05) is 47.5 Å². The summed E-state index contributed by atoms with van der Waals surface area (Å²) in [5, 5.41) is 7.44. The van der Waals surface area contributed by atoms with E-state index in [9.17, 15) is 18.0 Å². The predicted molar refractivity (Wildman–Crippen MR) is 171 cm³/mol. The van der Waals surface area contributed by atoms with Crippen molar-refractivity contribution in [3.63, 3.8) is 0 Å². The molecule has 0 unspecified atom stereocenters. The molecule has 0 aliphatic rings. The molecule has 0 fully saturated rings. The van der Waals surface area contributed by atoms with Gasteiger partial charge in [-0.05, 0) is 74.0 Å². The van der Waals surface area contributed by atoms with Crippen LogP contribution in [0.4, 0.5) is 11.4 Å². The van der Waals surface area contributed by atoms with Crippen LogP contribution in [0.2, 0.25) is 5.02 Å². The van der Waals surface area contributed by atoms with Crippen molar-refractivity contribution in [2.24, 2.45) is 5.10 Å². The number of amides is 2. The second-order valence-corrected chi connectivity index (χ2v) is 11.9. The Morgan fingerprint density at radius 2 is 1.55 bits per heavy atom. The highest BCUT2D eigenvalue weighted by Crippen LogP contribution is 2.33. The summed E-state index contributed by atoms with van der Waals surface area (Å²) < 4.78 is 39.1. The van der Waals surface area contributed by atoms with Crippen molar-refractivity contribution in [2.45, 2.75) is 18.7 Å². The van der Waals surface area contributed by atoms with Gasteiger partial charge in [0.05, 0.1) is 30.5 Å². The zero-order valence-corrected chi connectivity index (χ0v) is 26.1. The molecule has 4 aromatic carbocycles. The Morgan fingerprint density at radius 3 is 2.23 bits per heavy atom. The van der Waals surface area contributed by atoms with Crippen LogP contribution in [0.25, 0.3) is 0 Å². The molecule has 0 heterocycles. The fourth-order valence-electron chi connectivity index (χ4n) is 4.16. The van der Waals surface area contributed by atoms with Crippen LogP contribution >= 0.6 is 11.6 Å². The van der Waals surface area contributed by atoms with Crippen molar-refractivity contribution >= 4 is 50.5 Å². The molecule has 4 aromatic rings. The van der Waals surface area contributed by atoms with E-state index in [4.69, 9.17) is 21.1 Å². The minimum Gasteiger partial charge on any atom is -0.493 e. The van der Waals surface area contributed by atoms with Crippen LogP contribution in [0.1, 0.15) is 28.4 Å². The second-order valence-electron chi connectivity index (χ2n) is 9.64. The third-order valence-electron chi connectivity index (χ3n) is 6.52. The first kappa shape index (κ1) is 32.1. The molecule has 0 atom stereocenters. The number of carbonyl (C=O) groups excluding carboxylic acids is 2. The van der Waals surface area contributed by atoms with Crippen molar-refractivity contribution in [2.75, 3.05) is 30.4 Å². The van der Waals surface area contributed by atoms with E-state index < -0.39 is 22.5 Å². The summed E-state index contributed by atoms with van der Waals surface area (Å²) in [6, 6.07) is 24.4. The number of nitrogens with one attached hydrogen (secondary N) is 2. The number of benzene rings is 4. The minimum absolute atomic E-state index is 0.0157. The molecule has 228 valence electrons. The summed E-state index contributed by atoms with van der Waals surface area (Å²) in [5.74, 6) is -0.317. The summed E-state index contributed by atoms with van der Waals surface area (Å²) in [6.07, 6.45) is 0. The molecule has 2 amide bonds. The van der Waals surface area contributed by atoms with E-state index in [1.54, 1.807) is 73.7 Å². The third-order valence-corrected chi connectivity index (χ3v) is 8.55. The van der Waals surface area contributed by atoms with Gasteiger partial charge in [0, 0.05) is 22.3 Å². The number of sulfonamides is 1. The van der Waals surface area contributed by atoms with Crippen LogP contribution in [0, 0.1) is 6.92 Å². The van der Waals surface area contributed by atoms with E-state index in [1.807, 2.05) is 6.92 Å². The van der Waals surface area contributed by atoms with Crippen molar-refractivity contribution < 1.29 is 27.5 Å². The monoisotopic (exact) mass is 634 g/mol. The van der Waals surface area contributed by atoms with E-state index in [2.05, 4.69) is 15.8 Å². The number of aryl methyl sites for hydroxylation is 1. The zero-order valence-electron chi connectivity index (χ0n) is 24.5. The van der Waals surface area contributed by atoms with Crippen LogP contribution in [0.5, 0.6) is 11.5 Å². The summed E-state index contributed by atoms with van der Waals surface area (Å²) in [7, 11) is -1.26. The molecule has 2 N–H and O–H groups in total. The SMILES string of the molecule is COc1ccc(N(CC(=O)N/N=C(/C)c2cccc(NC(=O)c3cccc(Cl)c3)c2)S(=O)(=O)c2ccc(C)cc2)cc1OC. The Hall–Kier alpha value is -4.87. The average molecular weight is 635 g/mol. The molecular formula is C32H31ClN4O6S. The molecule has 0 spiro atoms. The van der Waals surface area contributed by atoms with Gasteiger partial charge in [-0.25, -0.2) is 13.8 Å². The van der Waals surface area contributed by atoms with Gasteiger partial charge >= 0.3 is 0 Å². The molecular weight excluding hydrogens is 604 g/mol. The summed E-state index contributed by atoms with van der Waals surface area (Å²) in [4.78, 5) is 25.8. The van der Waals surface area contributed by atoms with E-state index in [-0.39, 0.29) is 16.5 Å². The normalized spacial score (nSPS) is 11.4. The maximum atomic E-state index is 13.7. The molecule has 0 bridgehead atoms. The maximum Gasteiger partial charge on any atom is 0.264 e. The van der Waals surface area contributed by atoms with Gasteiger partial charge in [0.1, 0.15) is 6.54 Å². The van der Waals surface area contributed by atoms with Crippen LogP contribution in [-0.2, 0) is 14.8 Å². The predicted octanol–water partition coefficient (Wildman–Crippen LogP) is 5.65. The maximum absolute atomic E-state index is 13.7. The Morgan fingerprint density at radius 1 is 0.864 bits per heavy atom. The number of methoxy groups -OCH3 is 2. The topological polar surface area (TPSA) is 126 Å². The standard InChI is InChI=1S/C32H31ClN4O6S/c1-21-11-14-28(15-12-21)44(40,41)37(27-13-16-29(42-3)30(19-27)43-4)20-31(38)36-35-22(2)23-7-6-10-26(18-23)34-32(39)24-8-5-9-25(33)17-24/h5-19H,20H2,1-4H3,(H,34,39)(H,36,38)/b35-22-. The number of carbonyl (C=O) groups is 2. The second kappa shape index (κ2) is 14.1. The van der Waals surface area contributed by atoms with E-state index in [0.717, 1.165) is 9.87 Å². The highest BCUT2D eigenvalue weighted by Gasteiger charge is 2.28. The summed E-state index contributed by atoms with van der Waals surface area (Å²) in [6.45, 7) is 2.95. The van der Waals surface area contributed by atoms with E-state index in [0.29, 0.717) is 39.0 Å². The Bertz CT molecular complexity index is 1810. The minimum atomic E-state index is -4.16. The van der Waals surface area contributed by atoms with Gasteiger partial charge in [0.25, 0.3) is 21.8 Å². The van der Waals surface area contributed by atoms with Crippen LogP contribution in [0.3, 0.4) is 0 Å². The first-order valence-corrected chi connectivity index (χ1v) is 15.2. The Kier molecular flexibility index (Phi) is 10.2. The lowest BCUT2D eigenvalue weighted by Gasteiger charge is -2.24. The number of rotatable bonds is 11. The van der Waals surface area contributed by atoms with E-state index >= 15 is 0 Å².